The molecular formula is C14H17N3O3S. The van der Waals surface area contributed by atoms with Crippen molar-refractivity contribution in [3.05, 3.63) is 18.2 Å². The van der Waals surface area contributed by atoms with E-state index in [-0.39, 0.29) is 12.1 Å². The van der Waals surface area contributed by atoms with Crippen molar-refractivity contribution >= 4 is 32.7 Å². The first kappa shape index (κ1) is 14.1. The van der Waals surface area contributed by atoms with Crippen molar-refractivity contribution in [1.29, 1.82) is 0 Å². The standard InChI is InChI=1S/C14H17N3O3S/c1-2-20-10-3-4-11-12(7-10)21-14(16-11)17-13(18)15-9-5-6-19-8-9/h3-4,7,9H,2,5-6,8H2,1H3,(H2,15,16,17,18). The maximum absolute atomic E-state index is 11.9. The Morgan fingerprint density at radius 2 is 2.48 bits per heavy atom. The minimum Gasteiger partial charge on any atom is -0.494 e. The van der Waals surface area contributed by atoms with Crippen LogP contribution in [0.25, 0.3) is 10.2 Å². The average Bonchev–Trinajstić information content (AvgIpc) is 3.07. The monoisotopic (exact) mass is 307 g/mol. The highest BCUT2D eigenvalue weighted by Gasteiger charge is 2.18. The predicted octanol–water partition coefficient (Wildman–Crippen LogP) is 2.61. The van der Waals surface area contributed by atoms with Crippen LogP contribution < -0.4 is 15.4 Å². The van der Waals surface area contributed by atoms with E-state index in [9.17, 15) is 4.79 Å². The molecule has 2 amide bonds. The highest BCUT2D eigenvalue weighted by Crippen LogP contribution is 2.29. The van der Waals surface area contributed by atoms with Gasteiger partial charge >= 0.3 is 6.03 Å². The molecule has 21 heavy (non-hydrogen) atoms. The fraction of sp³-hybridized carbons (Fsp3) is 0.429. The minimum atomic E-state index is -0.241. The molecule has 3 rings (SSSR count). The van der Waals surface area contributed by atoms with Gasteiger partial charge in [0.1, 0.15) is 5.75 Å². The number of thiazole rings is 1. The SMILES string of the molecule is CCOc1ccc2nc(NC(=O)NC3CCOC3)sc2c1. The predicted molar refractivity (Wildman–Crippen MR) is 82.2 cm³/mol. The minimum absolute atomic E-state index is 0.0870. The molecule has 1 aliphatic heterocycles. The number of benzene rings is 1. The van der Waals surface area contributed by atoms with Crippen LogP contribution in [-0.2, 0) is 4.74 Å². The number of fused-ring (bicyclic) bond motifs is 1. The Bertz CT molecular complexity index is 637. The number of urea groups is 1. The van der Waals surface area contributed by atoms with Gasteiger partial charge in [-0.2, -0.15) is 0 Å². The number of anilines is 1. The van der Waals surface area contributed by atoms with E-state index in [0.717, 1.165) is 22.4 Å². The molecule has 1 atom stereocenters. The Morgan fingerprint density at radius 1 is 1.57 bits per heavy atom. The van der Waals surface area contributed by atoms with Crippen molar-refractivity contribution < 1.29 is 14.3 Å². The van der Waals surface area contributed by atoms with Gasteiger partial charge < -0.3 is 14.8 Å². The third-order valence-corrected chi connectivity index (χ3v) is 4.09. The molecule has 1 unspecified atom stereocenters. The molecule has 0 radical (unpaired) electrons. The lowest BCUT2D eigenvalue weighted by Crippen LogP contribution is -2.38. The Balaban J connectivity index is 1.67. The first-order valence-corrected chi connectivity index (χ1v) is 7.75. The summed E-state index contributed by atoms with van der Waals surface area (Å²) >= 11 is 1.43. The zero-order valence-corrected chi connectivity index (χ0v) is 12.5. The van der Waals surface area contributed by atoms with Crippen molar-refractivity contribution in [3.8, 4) is 5.75 Å². The van der Waals surface area contributed by atoms with Crippen molar-refractivity contribution in [3.63, 3.8) is 0 Å². The van der Waals surface area contributed by atoms with Crippen molar-refractivity contribution in [2.45, 2.75) is 19.4 Å². The van der Waals surface area contributed by atoms with Crippen LogP contribution in [0.4, 0.5) is 9.93 Å². The molecule has 1 saturated heterocycles. The number of rotatable bonds is 4. The topological polar surface area (TPSA) is 72.5 Å². The number of nitrogens with zero attached hydrogens (tertiary/aromatic N) is 1. The maximum Gasteiger partial charge on any atom is 0.321 e. The number of aromatic nitrogens is 1. The van der Waals surface area contributed by atoms with Gasteiger partial charge in [0.2, 0.25) is 0 Å². The third-order valence-electron chi connectivity index (χ3n) is 3.16. The highest BCUT2D eigenvalue weighted by atomic mass is 32.1. The van der Waals surface area contributed by atoms with E-state index >= 15 is 0 Å². The van der Waals surface area contributed by atoms with Gasteiger partial charge in [0, 0.05) is 6.61 Å². The van der Waals surface area contributed by atoms with Crippen LogP contribution in [0.3, 0.4) is 0 Å². The van der Waals surface area contributed by atoms with Gasteiger partial charge in [-0.25, -0.2) is 9.78 Å². The summed E-state index contributed by atoms with van der Waals surface area (Å²) < 4.78 is 11.7. The molecule has 0 saturated carbocycles. The van der Waals surface area contributed by atoms with Crippen LogP contribution in [0.5, 0.6) is 5.75 Å². The van der Waals surface area contributed by atoms with Crippen LogP contribution >= 0.6 is 11.3 Å². The molecule has 0 aliphatic carbocycles. The van der Waals surface area contributed by atoms with E-state index in [1.165, 1.54) is 11.3 Å². The van der Waals surface area contributed by atoms with Gasteiger partial charge in [0.25, 0.3) is 0 Å². The van der Waals surface area contributed by atoms with E-state index in [2.05, 4.69) is 15.6 Å². The summed E-state index contributed by atoms with van der Waals surface area (Å²) in [5.74, 6) is 0.813. The smallest absolute Gasteiger partial charge is 0.321 e. The zero-order valence-electron chi connectivity index (χ0n) is 11.7. The molecule has 2 aromatic rings. The molecule has 1 fully saturated rings. The molecule has 0 bridgehead atoms. The number of carbonyl (C=O) groups excluding carboxylic acids is 1. The molecule has 1 aliphatic rings. The highest BCUT2D eigenvalue weighted by molar-refractivity contribution is 7.22. The Labute approximate surface area is 126 Å². The molecule has 1 aromatic heterocycles. The fourth-order valence-electron chi connectivity index (χ4n) is 2.18. The Morgan fingerprint density at radius 3 is 3.24 bits per heavy atom. The lowest BCUT2D eigenvalue weighted by atomic mass is 10.3. The first-order chi connectivity index (χ1) is 10.2. The van der Waals surface area contributed by atoms with Crippen LogP contribution in [0.15, 0.2) is 18.2 Å². The quantitative estimate of drug-likeness (QED) is 0.910. The normalized spacial score (nSPS) is 17.9. The number of hydrogen-bond acceptors (Lipinski definition) is 5. The molecule has 2 heterocycles. The fourth-order valence-corrected chi connectivity index (χ4v) is 3.07. The van der Waals surface area contributed by atoms with Crippen molar-refractivity contribution in [2.75, 3.05) is 25.1 Å². The molecular weight excluding hydrogens is 290 g/mol. The molecule has 6 nitrogen and oxygen atoms in total. The molecule has 112 valence electrons. The summed E-state index contributed by atoms with van der Waals surface area (Å²) in [5, 5.41) is 6.22. The van der Waals surface area contributed by atoms with Gasteiger partial charge in [0.05, 0.1) is 29.5 Å². The van der Waals surface area contributed by atoms with E-state index < -0.39 is 0 Å². The summed E-state index contributed by atoms with van der Waals surface area (Å²) in [6.07, 6.45) is 0.852. The van der Waals surface area contributed by atoms with Crippen molar-refractivity contribution in [2.24, 2.45) is 0 Å². The van der Waals surface area contributed by atoms with E-state index in [1.807, 2.05) is 25.1 Å². The van der Waals surface area contributed by atoms with Gasteiger partial charge in [0.15, 0.2) is 5.13 Å². The van der Waals surface area contributed by atoms with E-state index in [4.69, 9.17) is 9.47 Å². The van der Waals surface area contributed by atoms with Gasteiger partial charge in [-0.05, 0) is 31.5 Å². The van der Waals surface area contributed by atoms with Gasteiger partial charge in [-0.3, -0.25) is 5.32 Å². The number of hydrogen-bond donors (Lipinski definition) is 2. The Kier molecular flexibility index (Phi) is 4.21. The summed E-state index contributed by atoms with van der Waals surface area (Å²) in [7, 11) is 0. The second kappa shape index (κ2) is 6.28. The number of ether oxygens (including phenoxy) is 2. The lowest BCUT2D eigenvalue weighted by Gasteiger charge is -2.09. The summed E-state index contributed by atoms with van der Waals surface area (Å²) in [4.78, 5) is 16.3. The van der Waals surface area contributed by atoms with E-state index in [1.54, 1.807) is 0 Å². The summed E-state index contributed by atoms with van der Waals surface area (Å²) in [6, 6.07) is 5.55. The van der Waals surface area contributed by atoms with Crippen LogP contribution in [0, 0.1) is 0 Å². The van der Waals surface area contributed by atoms with Crippen LogP contribution in [0.2, 0.25) is 0 Å². The van der Waals surface area contributed by atoms with E-state index in [0.29, 0.717) is 25.0 Å². The summed E-state index contributed by atoms with van der Waals surface area (Å²) in [6.45, 7) is 3.85. The van der Waals surface area contributed by atoms with Crippen molar-refractivity contribution in [1.82, 2.24) is 10.3 Å². The second-order valence-corrected chi connectivity index (χ2v) is 5.77. The Hall–Kier alpha value is -1.86. The second-order valence-electron chi connectivity index (χ2n) is 4.74. The lowest BCUT2D eigenvalue weighted by molar-refractivity contribution is 0.189. The van der Waals surface area contributed by atoms with Crippen LogP contribution in [0.1, 0.15) is 13.3 Å². The maximum atomic E-state index is 11.9. The molecule has 1 aromatic carbocycles. The summed E-state index contributed by atoms with van der Waals surface area (Å²) in [5.41, 5.74) is 0.850. The largest absolute Gasteiger partial charge is 0.494 e. The molecule has 0 spiro atoms. The average molecular weight is 307 g/mol. The zero-order chi connectivity index (χ0) is 14.7. The first-order valence-electron chi connectivity index (χ1n) is 6.93. The van der Waals surface area contributed by atoms with Gasteiger partial charge in [-0.15, -0.1) is 0 Å². The third kappa shape index (κ3) is 3.43. The molecule has 7 heteroatoms. The van der Waals surface area contributed by atoms with Crippen LogP contribution in [-0.4, -0.2) is 36.9 Å². The van der Waals surface area contributed by atoms with Gasteiger partial charge in [-0.1, -0.05) is 11.3 Å². The number of nitrogens with one attached hydrogen (secondary N) is 2. The number of carbonyl (C=O) groups is 1. The number of amides is 2. The molecule has 2 N–H and O–H groups in total.